The number of benzene rings is 1. The fourth-order valence-electron chi connectivity index (χ4n) is 2.53. The molecule has 23 heavy (non-hydrogen) atoms. The lowest BCUT2D eigenvalue weighted by Crippen LogP contribution is -2.49. The predicted molar refractivity (Wildman–Crippen MR) is 89.5 cm³/mol. The minimum absolute atomic E-state index is 0.0574. The molecule has 1 heterocycles. The number of ether oxygens (including phenoxy) is 1. The highest BCUT2D eigenvalue weighted by atomic mass is 32.2. The first-order valence-electron chi connectivity index (χ1n) is 7.76. The van der Waals surface area contributed by atoms with Gasteiger partial charge in [0, 0.05) is 19.6 Å². The number of nitrogens with zero attached hydrogens (tertiary/aromatic N) is 1. The Labute approximate surface area is 137 Å². The van der Waals surface area contributed by atoms with Crippen LogP contribution < -0.4 is 10.1 Å². The molecule has 1 aromatic rings. The summed E-state index contributed by atoms with van der Waals surface area (Å²) in [6.07, 6.45) is 0.860. The van der Waals surface area contributed by atoms with Gasteiger partial charge >= 0.3 is 6.03 Å². The van der Waals surface area contributed by atoms with E-state index in [4.69, 9.17) is 4.74 Å². The highest BCUT2D eigenvalue weighted by Gasteiger charge is 2.24. The lowest BCUT2D eigenvalue weighted by Gasteiger charge is -2.27. The van der Waals surface area contributed by atoms with Crippen molar-refractivity contribution in [3.8, 4) is 5.75 Å². The maximum Gasteiger partial charge on any atom is 0.317 e. The smallest absolute Gasteiger partial charge is 0.317 e. The molecule has 1 N–H and O–H groups in total. The summed E-state index contributed by atoms with van der Waals surface area (Å²) in [4.78, 5) is 13.6. The van der Waals surface area contributed by atoms with Crippen molar-refractivity contribution in [1.29, 1.82) is 0 Å². The molecule has 0 radical (unpaired) electrons. The van der Waals surface area contributed by atoms with E-state index in [0.717, 1.165) is 12.2 Å². The van der Waals surface area contributed by atoms with Gasteiger partial charge in [-0.3, -0.25) is 0 Å². The molecule has 1 aromatic carbocycles. The molecular weight excluding hydrogens is 316 g/mol. The van der Waals surface area contributed by atoms with Crippen LogP contribution in [0.15, 0.2) is 24.3 Å². The van der Waals surface area contributed by atoms with Gasteiger partial charge in [0.15, 0.2) is 9.84 Å². The summed E-state index contributed by atoms with van der Waals surface area (Å²) in [6.45, 7) is 3.20. The molecule has 7 heteroatoms. The van der Waals surface area contributed by atoms with Gasteiger partial charge in [-0.2, -0.15) is 0 Å². The van der Waals surface area contributed by atoms with E-state index in [2.05, 4.69) is 12.2 Å². The van der Waals surface area contributed by atoms with E-state index in [1.54, 1.807) is 12.0 Å². The minimum Gasteiger partial charge on any atom is -0.497 e. The van der Waals surface area contributed by atoms with Crippen LogP contribution in [0.3, 0.4) is 0 Å². The van der Waals surface area contributed by atoms with E-state index < -0.39 is 9.84 Å². The van der Waals surface area contributed by atoms with Crippen LogP contribution in [0, 0.1) is 5.92 Å². The van der Waals surface area contributed by atoms with E-state index in [1.165, 1.54) is 5.56 Å². The summed E-state index contributed by atoms with van der Waals surface area (Å²) in [7, 11) is -1.32. The van der Waals surface area contributed by atoms with Crippen molar-refractivity contribution in [3.05, 3.63) is 29.8 Å². The number of carbonyl (C=O) groups is 1. The van der Waals surface area contributed by atoms with Gasteiger partial charge in [-0.1, -0.05) is 19.1 Å². The zero-order valence-electron chi connectivity index (χ0n) is 13.6. The molecule has 1 aliphatic rings. The Morgan fingerprint density at radius 3 is 2.43 bits per heavy atom. The Hall–Kier alpha value is -1.76. The molecule has 0 aromatic heterocycles. The topological polar surface area (TPSA) is 75.7 Å². The predicted octanol–water partition coefficient (Wildman–Crippen LogP) is 1.31. The summed E-state index contributed by atoms with van der Waals surface area (Å²) in [5.41, 5.74) is 1.19. The Balaban J connectivity index is 1.75. The molecule has 0 bridgehead atoms. The van der Waals surface area contributed by atoms with E-state index in [-0.39, 0.29) is 30.6 Å². The summed E-state index contributed by atoms with van der Waals surface area (Å²) < 4.78 is 27.9. The third kappa shape index (κ3) is 5.42. The molecule has 1 aliphatic heterocycles. The Kier molecular flexibility index (Phi) is 5.87. The lowest BCUT2D eigenvalue weighted by molar-refractivity contribution is 0.200. The number of hydrogen-bond donors (Lipinski definition) is 1. The maximum absolute atomic E-state index is 12.1. The largest absolute Gasteiger partial charge is 0.497 e. The van der Waals surface area contributed by atoms with Crippen LogP contribution in [-0.2, 0) is 16.3 Å². The van der Waals surface area contributed by atoms with Crippen LogP contribution >= 0.6 is 0 Å². The normalized spacial score (nSPS) is 18.3. The van der Waals surface area contributed by atoms with Gasteiger partial charge in [-0.05, 0) is 30.0 Å². The monoisotopic (exact) mass is 340 g/mol. The first kappa shape index (κ1) is 17.6. The van der Waals surface area contributed by atoms with Crippen molar-refractivity contribution in [1.82, 2.24) is 10.2 Å². The highest BCUT2D eigenvalue weighted by molar-refractivity contribution is 7.91. The van der Waals surface area contributed by atoms with Gasteiger partial charge < -0.3 is 15.0 Å². The summed E-state index contributed by atoms with van der Waals surface area (Å²) in [6, 6.07) is 7.71. The standard InChI is InChI=1S/C16H24N2O4S/c1-13(11-14-3-5-15(22-2)6-4-14)12-17-16(19)18-7-9-23(20,21)10-8-18/h3-6,13H,7-12H2,1-2H3,(H,17,19)/t13-/m0/s1. The third-order valence-electron chi connectivity index (χ3n) is 3.98. The van der Waals surface area contributed by atoms with E-state index >= 15 is 0 Å². The Bertz CT molecular complexity index is 614. The van der Waals surface area contributed by atoms with Crippen molar-refractivity contribution in [3.63, 3.8) is 0 Å². The van der Waals surface area contributed by atoms with Gasteiger partial charge in [0.05, 0.1) is 18.6 Å². The minimum atomic E-state index is -2.96. The molecule has 0 aliphatic carbocycles. The average Bonchev–Trinajstić information content (AvgIpc) is 2.53. The van der Waals surface area contributed by atoms with Crippen LogP contribution in [0.5, 0.6) is 5.75 Å². The zero-order valence-corrected chi connectivity index (χ0v) is 14.4. The lowest BCUT2D eigenvalue weighted by atomic mass is 10.0. The van der Waals surface area contributed by atoms with Gasteiger partial charge in [0.1, 0.15) is 5.75 Å². The quantitative estimate of drug-likeness (QED) is 0.877. The molecular formula is C16H24N2O4S. The van der Waals surface area contributed by atoms with Crippen molar-refractivity contribution < 1.29 is 17.9 Å². The van der Waals surface area contributed by atoms with Crippen molar-refractivity contribution in [2.24, 2.45) is 5.92 Å². The number of hydrogen-bond acceptors (Lipinski definition) is 4. The van der Waals surface area contributed by atoms with Crippen LogP contribution in [0.25, 0.3) is 0 Å². The maximum atomic E-state index is 12.1. The van der Waals surface area contributed by atoms with Crippen LogP contribution in [0.1, 0.15) is 12.5 Å². The van der Waals surface area contributed by atoms with Crippen LogP contribution in [-0.4, -0.2) is 57.6 Å². The van der Waals surface area contributed by atoms with Crippen LogP contribution in [0.2, 0.25) is 0 Å². The Morgan fingerprint density at radius 1 is 1.26 bits per heavy atom. The molecule has 2 rings (SSSR count). The number of methoxy groups -OCH3 is 1. The second-order valence-electron chi connectivity index (χ2n) is 5.98. The number of amides is 2. The third-order valence-corrected chi connectivity index (χ3v) is 5.59. The Morgan fingerprint density at radius 2 is 1.87 bits per heavy atom. The molecule has 6 nitrogen and oxygen atoms in total. The number of urea groups is 1. The number of sulfone groups is 1. The van der Waals surface area contributed by atoms with Gasteiger partial charge in [0.2, 0.25) is 0 Å². The van der Waals surface area contributed by atoms with Gasteiger partial charge in [-0.15, -0.1) is 0 Å². The van der Waals surface area contributed by atoms with E-state index in [0.29, 0.717) is 12.5 Å². The fraction of sp³-hybridized carbons (Fsp3) is 0.562. The first-order valence-corrected chi connectivity index (χ1v) is 9.58. The zero-order chi connectivity index (χ0) is 16.9. The second-order valence-corrected chi connectivity index (χ2v) is 8.29. The molecule has 0 saturated carbocycles. The molecule has 128 valence electrons. The molecule has 1 saturated heterocycles. The summed E-state index contributed by atoms with van der Waals surface area (Å²) in [5, 5.41) is 2.89. The summed E-state index contributed by atoms with van der Waals surface area (Å²) >= 11 is 0. The summed E-state index contributed by atoms with van der Waals surface area (Å²) in [5.74, 6) is 1.24. The van der Waals surface area contributed by atoms with Crippen molar-refractivity contribution in [2.45, 2.75) is 13.3 Å². The molecule has 0 spiro atoms. The van der Waals surface area contributed by atoms with Crippen molar-refractivity contribution in [2.75, 3.05) is 38.2 Å². The molecule has 2 amide bonds. The number of carbonyl (C=O) groups excluding carboxylic acids is 1. The van der Waals surface area contributed by atoms with Crippen LogP contribution in [0.4, 0.5) is 4.79 Å². The van der Waals surface area contributed by atoms with Gasteiger partial charge in [0.25, 0.3) is 0 Å². The average molecular weight is 340 g/mol. The number of rotatable bonds is 5. The van der Waals surface area contributed by atoms with E-state index in [9.17, 15) is 13.2 Å². The molecule has 0 unspecified atom stereocenters. The second kappa shape index (κ2) is 7.68. The highest BCUT2D eigenvalue weighted by Crippen LogP contribution is 2.14. The molecule has 1 atom stereocenters. The van der Waals surface area contributed by atoms with Gasteiger partial charge in [-0.25, -0.2) is 13.2 Å². The first-order chi connectivity index (χ1) is 10.9. The van der Waals surface area contributed by atoms with E-state index in [1.807, 2.05) is 24.3 Å². The van der Waals surface area contributed by atoms with Crippen molar-refractivity contribution >= 4 is 15.9 Å². The SMILES string of the molecule is COc1ccc(C[C@H](C)CNC(=O)N2CCS(=O)(=O)CC2)cc1. The fourth-order valence-corrected chi connectivity index (χ4v) is 3.73. The number of nitrogens with one attached hydrogen (secondary N) is 1. The molecule has 1 fully saturated rings.